The maximum Gasteiger partial charge on any atom is 0.136 e. The zero-order chi connectivity index (χ0) is 84.5. The Hall–Kier alpha value is -16.3. The molecule has 0 radical (unpaired) electrons. The molecule has 7 heteroatoms. The fraction of sp³-hybridized carbons (Fsp3) is 0. The maximum atomic E-state index is 6.25. The second-order valence-corrected chi connectivity index (χ2v) is 33.0. The van der Waals surface area contributed by atoms with Gasteiger partial charge >= 0.3 is 0 Å². The van der Waals surface area contributed by atoms with Crippen LogP contribution in [-0.2, 0) is 0 Å². The molecule has 0 amide bonds. The van der Waals surface area contributed by atoms with Crippen molar-refractivity contribution < 1.29 is 8.83 Å². The van der Waals surface area contributed by atoms with Crippen LogP contribution < -0.4 is 10.2 Å². The third kappa shape index (κ3) is 15.4. The van der Waals surface area contributed by atoms with Crippen molar-refractivity contribution in [3.8, 4) is 100 Å². The van der Waals surface area contributed by atoms with E-state index in [9.17, 15) is 0 Å². The van der Waals surface area contributed by atoms with Gasteiger partial charge in [-0.25, -0.2) is 0 Å². The highest BCUT2D eigenvalue weighted by molar-refractivity contribution is 9.10. The zero-order valence-electron chi connectivity index (χ0n) is 69.2. The summed E-state index contributed by atoms with van der Waals surface area (Å²) in [5.74, 6) is 0. The van der Waals surface area contributed by atoms with E-state index in [0.29, 0.717) is 0 Å². The summed E-state index contributed by atoms with van der Waals surface area (Å²) in [5, 5.41) is 13.2. The Balaban J connectivity index is 0.000000125. The van der Waals surface area contributed by atoms with Crippen molar-refractivity contribution in [3.63, 3.8) is 0 Å². The fourth-order valence-electron chi connectivity index (χ4n) is 18.0. The third-order valence-corrected chi connectivity index (χ3v) is 24.9. The summed E-state index contributed by atoms with van der Waals surface area (Å²) in [6, 6.07) is 172. The lowest BCUT2D eigenvalue weighted by Crippen LogP contribution is -2.09. The highest BCUT2D eigenvalue weighted by atomic mass is 79.9. The number of para-hydroxylation sites is 6. The van der Waals surface area contributed by atoms with Gasteiger partial charge in [0.1, 0.15) is 22.3 Å². The van der Waals surface area contributed by atoms with Crippen LogP contribution in [0.4, 0.5) is 28.4 Å². The van der Waals surface area contributed by atoms with Gasteiger partial charge < -0.3 is 28.2 Å². The molecule has 1 N–H and O–H groups in total. The fourth-order valence-corrected chi connectivity index (χ4v) is 18.3. The van der Waals surface area contributed by atoms with Crippen molar-refractivity contribution in [2.24, 2.45) is 0 Å². The van der Waals surface area contributed by atoms with Crippen LogP contribution in [0.2, 0.25) is 0 Å². The van der Waals surface area contributed by atoms with Gasteiger partial charge in [-0.05, 0) is 247 Å². The molecule has 0 aliphatic carbocycles. The van der Waals surface area contributed by atoms with E-state index in [4.69, 9.17) is 8.83 Å². The van der Waals surface area contributed by atoms with Crippen LogP contribution in [0.15, 0.2) is 499 Å². The molecular weight excluding hydrogens is 1610 g/mol. The van der Waals surface area contributed by atoms with Crippen molar-refractivity contribution in [1.82, 2.24) is 9.13 Å². The molecule has 4 aromatic heterocycles. The third-order valence-electron chi connectivity index (χ3n) is 24.4. The molecule has 0 saturated heterocycles. The van der Waals surface area contributed by atoms with E-state index in [1.165, 1.54) is 110 Å². The Morgan fingerprint density at radius 3 is 0.756 bits per heavy atom. The van der Waals surface area contributed by atoms with Crippen molar-refractivity contribution >= 4 is 132 Å². The van der Waals surface area contributed by atoms with Gasteiger partial charge in [0.05, 0.1) is 22.1 Å². The Bertz CT molecular complexity index is 7990. The molecule has 20 aromatic carbocycles. The predicted octanol–water partition coefficient (Wildman–Crippen LogP) is 34.4. The van der Waals surface area contributed by atoms with Gasteiger partial charge in [-0.2, -0.15) is 0 Å². The van der Waals surface area contributed by atoms with Crippen molar-refractivity contribution in [2.75, 3.05) is 10.2 Å². The molecule has 0 saturated carbocycles. The molecule has 6 nitrogen and oxygen atoms in total. The summed E-state index contributed by atoms with van der Waals surface area (Å²) in [4.78, 5) is 2.34. The van der Waals surface area contributed by atoms with Crippen LogP contribution in [0.1, 0.15) is 0 Å². The minimum Gasteiger partial charge on any atom is -0.456 e. The number of furan rings is 2. The second-order valence-electron chi connectivity index (χ2n) is 32.1. The molecule has 0 unspecified atom stereocenters. The summed E-state index contributed by atoms with van der Waals surface area (Å²) in [5.41, 5.74) is 35.2. The number of halogens is 1. The number of aromatic nitrogens is 2. The quantitative estimate of drug-likeness (QED) is 0.111. The molecule has 0 spiro atoms. The van der Waals surface area contributed by atoms with Crippen LogP contribution in [0.25, 0.3) is 188 Å². The van der Waals surface area contributed by atoms with E-state index in [0.717, 1.165) is 110 Å². The van der Waals surface area contributed by atoms with Gasteiger partial charge in [0.25, 0.3) is 0 Å². The molecule has 4 heterocycles. The first kappa shape index (κ1) is 76.8. The van der Waals surface area contributed by atoms with Crippen LogP contribution in [-0.4, -0.2) is 9.13 Å². The SMILES string of the molecule is Brc1ccc(-c2cccc(-n3c4ccccc4c4ccccc43)c2)cc1.c1ccc(-c2ccc(-c3ccc(N(c4ccc(-c5cccc(-n6c7ccccc7c7ccccc76)c5)cc4)c4ccc(-c5ccc6c(c5)oc5ccccc56)cc4)cc3)cc2)cc1.c1ccc(-c2ccc(-c3ccc(Nc4ccc(-c5ccc6c(c5)oc5ccccc56)cc4)cc3)cc2)cc1. The van der Waals surface area contributed by atoms with Gasteiger partial charge in [0.2, 0.25) is 0 Å². The van der Waals surface area contributed by atoms with Crippen LogP contribution in [0, 0.1) is 0 Å². The van der Waals surface area contributed by atoms with Gasteiger partial charge in [-0.15, -0.1) is 0 Å². The van der Waals surface area contributed by atoms with E-state index in [2.05, 4.69) is 484 Å². The average Bonchev–Trinajstić information content (AvgIpc) is 1.60. The Labute approximate surface area is 744 Å². The van der Waals surface area contributed by atoms with Crippen molar-refractivity contribution in [3.05, 3.63) is 490 Å². The lowest BCUT2D eigenvalue weighted by atomic mass is 10.00. The Morgan fingerprint density at radius 1 is 0.181 bits per heavy atom. The first-order valence-electron chi connectivity index (χ1n) is 43.0. The van der Waals surface area contributed by atoms with E-state index in [1.807, 2.05) is 36.4 Å². The molecule has 0 aliphatic rings. The average molecular weight is 1690 g/mol. The molecule has 0 aliphatic heterocycles. The highest BCUT2D eigenvalue weighted by Gasteiger charge is 2.20. The molecule has 0 fully saturated rings. The smallest absolute Gasteiger partial charge is 0.136 e. The van der Waals surface area contributed by atoms with E-state index in [1.54, 1.807) is 0 Å². The number of anilines is 5. The van der Waals surface area contributed by atoms with Crippen LogP contribution >= 0.6 is 15.9 Å². The molecule has 0 bridgehead atoms. The lowest BCUT2D eigenvalue weighted by Gasteiger charge is -2.26. The van der Waals surface area contributed by atoms with E-state index < -0.39 is 0 Å². The predicted molar refractivity (Wildman–Crippen MR) is 538 cm³/mol. The van der Waals surface area contributed by atoms with Gasteiger partial charge in [-0.3, -0.25) is 0 Å². The normalized spacial score (nSPS) is 11.3. The molecular formula is C120H81BrN4O2. The Morgan fingerprint density at radius 2 is 0.417 bits per heavy atom. The summed E-state index contributed by atoms with van der Waals surface area (Å²) >= 11 is 3.51. The first-order chi connectivity index (χ1) is 62.8. The molecule has 24 rings (SSSR count). The molecule has 600 valence electrons. The second kappa shape index (κ2) is 33.8. The summed E-state index contributed by atoms with van der Waals surface area (Å²) in [7, 11) is 0. The standard InChI is InChI=1S/C60H40N2O.C36H25NO.C24H16BrN/c1-2-11-41(12-3-1)42-21-23-43(24-22-42)44-25-32-49(33-26-44)61(51-36-29-46(30-37-51)48-31-38-56-55-17-6-9-20-59(55)63-60(56)40-48)50-34-27-45(28-35-50)47-13-10-14-52(39-47)62-57-18-7-4-15-53(57)54-16-5-8-19-58(54)62;1-2-6-25(7-3-1)26-10-12-27(13-11-26)28-14-19-31(20-15-28)37-32-21-16-29(17-22-32)30-18-23-34-33-8-4-5-9-35(33)38-36(34)24-30;25-19-14-12-17(13-15-19)18-6-5-7-20(16-18)26-23-10-3-1-8-21(23)22-9-2-4-11-24(22)26/h1-40H;1-24,37H;1-16H. The molecule has 127 heavy (non-hydrogen) atoms. The number of hydrogen-bond donors (Lipinski definition) is 1. The van der Waals surface area contributed by atoms with Crippen LogP contribution in [0.5, 0.6) is 0 Å². The summed E-state index contributed by atoms with van der Waals surface area (Å²) < 4.78 is 18.2. The highest BCUT2D eigenvalue weighted by Crippen LogP contribution is 2.43. The number of benzene rings is 20. The molecule has 0 atom stereocenters. The van der Waals surface area contributed by atoms with Crippen molar-refractivity contribution in [2.45, 2.75) is 0 Å². The molecule has 24 aromatic rings. The number of rotatable bonds is 15. The zero-order valence-corrected chi connectivity index (χ0v) is 70.8. The topological polar surface area (TPSA) is 51.4 Å². The van der Waals surface area contributed by atoms with Crippen LogP contribution in [0.3, 0.4) is 0 Å². The van der Waals surface area contributed by atoms with Gasteiger partial charge in [0, 0.05) is 87.4 Å². The minimum atomic E-state index is 0.898. The number of hydrogen-bond acceptors (Lipinski definition) is 4. The number of nitrogens with zero attached hydrogens (tertiary/aromatic N) is 3. The van der Waals surface area contributed by atoms with Gasteiger partial charge in [0.15, 0.2) is 0 Å². The van der Waals surface area contributed by atoms with E-state index in [-0.39, 0.29) is 0 Å². The van der Waals surface area contributed by atoms with Gasteiger partial charge in [-0.1, -0.05) is 344 Å². The van der Waals surface area contributed by atoms with E-state index >= 15 is 0 Å². The summed E-state index contributed by atoms with van der Waals surface area (Å²) in [6.45, 7) is 0. The minimum absolute atomic E-state index is 0.898. The summed E-state index contributed by atoms with van der Waals surface area (Å²) in [6.07, 6.45) is 0. The lowest BCUT2D eigenvalue weighted by molar-refractivity contribution is 0.668. The largest absolute Gasteiger partial charge is 0.456 e. The number of nitrogens with one attached hydrogen (secondary N) is 1. The van der Waals surface area contributed by atoms with Crippen molar-refractivity contribution in [1.29, 1.82) is 0 Å². The Kier molecular flexibility index (Phi) is 20.5. The maximum absolute atomic E-state index is 6.25. The number of fused-ring (bicyclic) bond motifs is 12. The first-order valence-corrected chi connectivity index (χ1v) is 43.8. The monoisotopic (exact) mass is 1690 g/mol.